The Balaban J connectivity index is 1.60. The minimum absolute atomic E-state index is 0.0499. The summed E-state index contributed by atoms with van der Waals surface area (Å²) in [5.74, 6) is -0.0430. The molecule has 118 valence electrons. The van der Waals surface area contributed by atoms with Crippen LogP contribution in [-0.4, -0.2) is 29.8 Å². The zero-order valence-electron chi connectivity index (χ0n) is 13.2. The number of hydrogen-bond acceptors (Lipinski definition) is 2. The van der Waals surface area contributed by atoms with Crippen molar-refractivity contribution < 1.29 is 9.59 Å². The lowest BCUT2D eigenvalue weighted by molar-refractivity contribution is -0.145. The second kappa shape index (κ2) is 6.11. The summed E-state index contributed by atoms with van der Waals surface area (Å²) in [6.07, 6.45) is 4.71. The SMILES string of the molecule is Cc1cccc(CNC(=O)C2(C(=O)N3CCCCC3)CC2)c1. The molecule has 0 spiro atoms. The van der Waals surface area contributed by atoms with Gasteiger partial charge in [-0.3, -0.25) is 9.59 Å². The number of carbonyl (C=O) groups excluding carboxylic acids is 2. The Labute approximate surface area is 131 Å². The van der Waals surface area contributed by atoms with Crippen LogP contribution < -0.4 is 5.32 Å². The van der Waals surface area contributed by atoms with Crippen LogP contribution in [0.2, 0.25) is 0 Å². The zero-order valence-corrected chi connectivity index (χ0v) is 13.2. The fourth-order valence-corrected chi connectivity index (χ4v) is 3.24. The molecule has 2 fully saturated rings. The molecule has 0 unspecified atom stereocenters. The predicted octanol–water partition coefficient (Wildman–Crippen LogP) is 2.40. The van der Waals surface area contributed by atoms with E-state index in [1.54, 1.807) is 0 Å². The maximum atomic E-state index is 12.7. The molecule has 1 saturated carbocycles. The van der Waals surface area contributed by atoms with Crippen molar-refractivity contribution in [2.45, 2.75) is 45.6 Å². The molecule has 1 saturated heterocycles. The van der Waals surface area contributed by atoms with Crippen LogP contribution in [0, 0.1) is 12.3 Å². The van der Waals surface area contributed by atoms with E-state index in [1.165, 1.54) is 12.0 Å². The summed E-state index contributed by atoms with van der Waals surface area (Å²) >= 11 is 0. The van der Waals surface area contributed by atoms with E-state index < -0.39 is 5.41 Å². The van der Waals surface area contributed by atoms with Gasteiger partial charge in [-0.1, -0.05) is 29.8 Å². The minimum Gasteiger partial charge on any atom is -0.351 e. The van der Waals surface area contributed by atoms with Crippen LogP contribution in [0.15, 0.2) is 24.3 Å². The van der Waals surface area contributed by atoms with Crippen LogP contribution >= 0.6 is 0 Å². The van der Waals surface area contributed by atoms with Gasteiger partial charge in [0.15, 0.2) is 0 Å². The van der Waals surface area contributed by atoms with Crippen molar-refractivity contribution in [3.05, 3.63) is 35.4 Å². The first kappa shape index (κ1) is 15.1. The van der Waals surface area contributed by atoms with Gasteiger partial charge >= 0.3 is 0 Å². The first-order valence-electron chi connectivity index (χ1n) is 8.25. The first-order valence-corrected chi connectivity index (χ1v) is 8.25. The number of nitrogens with zero attached hydrogens (tertiary/aromatic N) is 1. The highest BCUT2D eigenvalue weighted by Crippen LogP contribution is 2.47. The lowest BCUT2D eigenvalue weighted by atomic mass is 10.0. The molecule has 22 heavy (non-hydrogen) atoms. The van der Waals surface area contributed by atoms with Crippen LogP contribution in [0.5, 0.6) is 0 Å². The van der Waals surface area contributed by atoms with Crippen molar-refractivity contribution in [2.75, 3.05) is 13.1 Å². The van der Waals surface area contributed by atoms with Gasteiger partial charge in [0.05, 0.1) is 0 Å². The van der Waals surface area contributed by atoms with Crippen molar-refractivity contribution in [2.24, 2.45) is 5.41 Å². The second-order valence-corrected chi connectivity index (χ2v) is 6.61. The van der Waals surface area contributed by atoms with E-state index in [1.807, 2.05) is 30.0 Å². The fourth-order valence-electron chi connectivity index (χ4n) is 3.24. The quantitative estimate of drug-likeness (QED) is 0.868. The molecule has 3 rings (SSSR count). The van der Waals surface area contributed by atoms with Gasteiger partial charge < -0.3 is 10.2 Å². The molecule has 0 radical (unpaired) electrons. The molecule has 0 atom stereocenters. The largest absolute Gasteiger partial charge is 0.351 e. The summed E-state index contributed by atoms with van der Waals surface area (Å²) in [6, 6.07) is 8.09. The summed E-state index contributed by atoms with van der Waals surface area (Å²) in [7, 11) is 0. The second-order valence-electron chi connectivity index (χ2n) is 6.61. The van der Waals surface area contributed by atoms with Crippen molar-refractivity contribution in [3.8, 4) is 0 Å². The molecule has 2 aliphatic rings. The van der Waals surface area contributed by atoms with Gasteiger partial charge in [-0.25, -0.2) is 0 Å². The third-order valence-electron chi connectivity index (χ3n) is 4.77. The normalized spacial score (nSPS) is 19.6. The molecular weight excluding hydrogens is 276 g/mol. The number of hydrogen-bond donors (Lipinski definition) is 1. The predicted molar refractivity (Wildman–Crippen MR) is 85.1 cm³/mol. The van der Waals surface area contributed by atoms with Gasteiger partial charge in [0.1, 0.15) is 5.41 Å². The number of aryl methyl sites for hydroxylation is 1. The van der Waals surface area contributed by atoms with E-state index in [4.69, 9.17) is 0 Å². The Hall–Kier alpha value is -1.84. The van der Waals surface area contributed by atoms with Crippen molar-refractivity contribution in [1.29, 1.82) is 0 Å². The molecule has 1 heterocycles. The summed E-state index contributed by atoms with van der Waals surface area (Å²) in [5, 5.41) is 2.96. The monoisotopic (exact) mass is 300 g/mol. The number of likely N-dealkylation sites (tertiary alicyclic amines) is 1. The molecule has 1 aliphatic heterocycles. The molecular formula is C18H24N2O2. The highest BCUT2D eigenvalue weighted by Gasteiger charge is 2.57. The first-order chi connectivity index (χ1) is 10.6. The lowest BCUT2D eigenvalue weighted by Gasteiger charge is -2.30. The molecule has 1 aromatic carbocycles. The van der Waals surface area contributed by atoms with Crippen LogP contribution in [0.1, 0.15) is 43.2 Å². The van der Waals surface area contributed by atoms with Crippen LogP contribution in [0.3, 0.4) is 0 Å². The number of amides is 2. The van der Waals surface area contributed by atoms with Crippen LogP contribution in [0.4, 0.5) is 0 Å². The topological polar surface area (TPSA) is 49.4 Å². The molecule has 2 amide bonds. The van der Waals surface area contributed by atoms with Gasteiger partial charge in [-0.15, -0.1) is 0 Å². The molecule has 0 bridgehead atoms. The average molecular weight is 300 g/mol. The number of piperidine rings is 1. The van der Waals surface area contributed by atoms with E-state index in [0.717, 1.165) is 31.5 Å². The standard InChI is InChI=1S/C18H24N2O2/c1-14-6-5-7-15(12-14)13-19-16(21)18(8-9-18)17(22)20-10-3-2-4-11-20/h5-7,12H,2-4,8-11,13H2,1H3,(H,19,21). The molecule has 1 aromatic rings. The Morgan fingerprint density at radius 1 is 1.18 bits per heavy atom. The molecule has 4 heteroatoms. The molecule has 4 nitrogen and oxygen atoms in total. The highest BCUT2D eigenvalue weighted by atomic mass is 16.2. The zero-order chi connectivity index (χ0) is 15.6. The minimum atomic E-state index is -0.763. The van der Waals surface area contributed by atoms with Gasteiger partial charge in [-0.05, 0) is 44.6 Å². The third kappa shape index (κ3) is 3.01. The number of nitrogens with one attached hydrogen (secondary N) is 1. The molecule has 1 aliphatic carbocycles. The van der Waals surface area contributed by atoms with Crippen molar-refractivity contribution in [1.82, 2.24) is 10.2 Å². The number of carbonyl (C=O) groups is 2. The van der Waals surface area contributed by atoms with Gasteiger partial charge in [0, 0.05) is 19.6 Å². The lowest BCUT2D eigenvalue weighted by Crippen LogP contribution is -2.46. The Morgan fingerprint density at radius 2 is 1.91 bits per heavy atom. The van der Waals surface area contributed by atoms with Gasteiger partial charge in [0.2, 0.25) is 11.8 Å². The smallest absolute Gasteiger partial charge is 0.238 e. The highest BCUT2D eigenvalue weighted by molar-refractivity contribution is 6.07. The molecule has 0 aromatic heterocycles. The van der Waals surface area contributed by atoms with Crippen molar-refractivity contribution in [3.63, 3.8) is 0 Å². The van der Waals surface area contributed by atoms with E-state index >= 15 is 0 Å². The molecule has 1 N–H and O–H groups in total. The average Bonchev–Trinajstić information content (AvgIpc) is 3.35. The number of rotatable bonds is 4. The number of benzene rings is 1. The summed E-state index contributed by atoms with van der Waals surface area (Å²) in [5.41, 5.74) is 1.49. The van der Waals surface area contributed by atoms with Gasteiger partial charge in [0.25, 0.3) is 0 Å². The summed E-state index contributed by atoms with van der Waals surface area (Å²) in [6.45, 7) is 4.15. The van der Waals surface area contributed by atoms with Gasteiger partial charge in [-0.2, -0.15) is 0 Å². The Kier molecular flexibility index (Phi) is 4.19. The third-order valence-corrected chi connectivity index (χ3v) is 4.77. The van der Waals surface area contributed by atoms with E-state index in [0.29, 0.717) is 19.4 Å². The van der Waals surface area contributed by atoms with E-state index in [9.17, 15) is 9.59 Å². The van der Waals surface area contributed by atoms with Crippen LogP contribution in [0.25, 0.3) is 0 Å². The van der Waals surface area contributed by atoms with E-state index in [-0.39, 0.29) is 11.8 Å². The van der Waals surface area contributed by atoms with Crippen LogP contribution in [-0.2, 0) is 16.1 Å². The summed E-state index contributed by atoms with van der Waals surface area (Å²) in [4.78, 5) is 27.1. The Morgan fingerprint density at radius 3 is 2.55 bits per heavy atom. The van der Waals surface area contributed by atoms with E-state index in [2.05, 4.69) is 11.4 Å². The Bertz CT molecular complexity index is 572. The fraction of sp³-hybridized carbons (Fsp3) is 0.556. The van der Waals surface area contributed by atoms with Crippen molar-refractivity contribution >= 4 is 11.8 Å². The maximum absolute atomic E-state index is 12.7. The maximum Gasteiger partial charge on any atom is 0.238 e. The summed E-state index contributed by atoms with van der Waals surface area (Å²) < 4.78 is 0.